The summed E-state index contributed by atoms with van der Waals surface area (Å²) in [7, 11) is 3.97. The number of aromatic nitrogens is 3. The lowest BCUT2D eigenvalue weighted by molar-refractivity contribution is 0.0737. The van der Waals surface area contributed by atoms with Crippen molar-refractivity contribution in [2.75, 3.05) is 52.2 Å². The van der Waals surface area contributed by atoms with Crippen molar-refractivity contribution in [3.63, 3.8) is 0 Å². The first kappa shape index (κ1) is 24.8. The lowest BCUT2D eigenvalue weighted by Crippen LogP contribution is -2.38. The lowest BCUT2D eigenvalue weighted by atomic mass is 10.0. The Morgan fingerprint density at radius 2 is 2.03 bits per heavy atom. The zero-order valence-electron chi connectivity index (χ0n) is 21.6. The van der Waals surface area contributed by atoms with Gasteiger partial charge in [0.25, 0.3) is 5.91 Å². The number of pyridine rings is 1. The highest BCUT2D eigenvalue weighted by Crippen LogP contribution is 2.27. The van der Waals surface area contributed by atoms with E-state index >= 15 is 0 Å². The summed E-state index contributed by atoms with van der Waals surface area (Å²) in [4.78, 5) is 35.5. The Morgan fingerprint density at radius 3 is 2.70 bits per heavy atom. The second-order valence-electron chi connectivity index (χ2n) is 9.57. The maximum absolute atomic E-state index is 12.9. The third-order valence-electron chi connectivity index (χ3n) is 7.07. The molecule has 2 aliphatic heterocycles. The van der Waals surface area contributed by atoms with E-state index in [0.29, 0.717) is 31.2 Å². The Balaban J connectivity index is 0.00000336. The zero-order chi connectivity index (χ0) is 25.9. The molecule has 0 radical (unpaired) electrons. The Kier molecular flexibility index (Phi) is 7.09. The van der Waals surface area contributed by atoms with Crippen LogP contribution in [-0.2, 0) is 4.74 Å². The molecule has 0 aliphatic carbocycles. The van der Waals surface area contributed by atoms with E-state index in [1.807, 2.05) is 67.5 Å². The Bertz CT molecular complexity index is 1320. The molecule has 4 heterocycles. The summed E-state index contributed by atoms with van der Waals surface area (Å²) in [6.07, 6.45) is 5.35. The van der Waals surface area contributed by atoms with Crippen LogP contribution in [0.2, 0.25) is 0 Å². The second-order valence-corrected chi connectivity index (χ2v) is 9.57. The largest absolute Gasteiger partial charge is 0.450 e. The molecular weight excluding hydrogens is 470 g/mol. The van der Waals surface area contributed by atoms with E-state index in [9.17, 15) is 9.59 Å². The minimum Gasteiger partial charge on any atom is -0.450 e. The van der Waals surface area contributed by atoms with Crippen molar-refractivity contribution in [1.82, 2.24) is 29.3 Å². The summed E-state index contributed by atoms with van der Waals surface area (Å²) < 4.78 is 6.86. The predicted octanol–water partition coefficient (Wildman–Crippen LogP) is 3.74. The highest BCUT2D eigenvalue weighted by molar-refractivity contribution is 5.94. The van der Waals surface area contributed by atoms with Crippen molar-refractivity contribution in [1.29, 1.82) is 0 Å². The number of rotatable bonds is 6. The molecule has 10 heteroatoms. The van der Waals surface area contributed by atoms with E-state index < -0.39 is 0 Å². The van der Waals surface area contributed by atoms with Crippen LogP contribution in [0.3, 0.4) is 0 Å². The van der Waals surface area contributed by atoms with E-state index in [0.717, 1.165) is 48.4 Å². The van der Waals surface area contributed by atoms with Gasteiger partial charge in [0, 0.05) is 57.2 Å². The average molecular weight is 506 g/mol. The summed E-state index contributed by atoms with van der Waals surface area (Å²) in [5.41, 5.74) is 4.34. The summed E-state index contributed by atoms with van der Waals surface area (Å²) in [6, 6.07) is 11.6. The molecule has 1 atom stereocenters. The highest BCUT2D eigenvalue weighted by atomic mass is 16.6. The number of fused-ring (bicyclic) bond motifs is 1. The van der Waals surface area contributed by atoms with Crippen LogP contribution in [-0.4, -0.2) is 94.2 Å². The molecule has 2 aromatic heterocycles. The highest BCUT2D eigenvalue weighted by Gasteiger charge is 2.27. The number of likely N-dealkylation sites (N-methyl/N-ethyl adjacent to an activating group) is 2. The zero-order valence-corrected chi connectivity index (χ0v) is 21.6. The van der Waals surface area contributed by atoms with Gasteiger partial charge in [0.2, 0.25) is 5.95 Å². The molecule has 196 valence electrons. The first-order chi connectivity index (χ1) is 17.9. The Morgan fingerprint density at radius 1 is 1.22 bits per heavy atom. The number of hydrogen-bond acceptors (Lipinski definition) is 7. The van der Waals surface area contributed by atoms with Gasteiger partial charge in [-0.05, 0) is 75.3 Å². The fourth-order valence-corrected chi connectivity index (χ4v) is 4.93. The third-order valence-corrected chi connectivity index (χ3v) is 7.07. The van der Waals surface area contributed by atoms with Crippen LogP contribution >= 0.6 is 0 Å². The first-order valence-electron chi connectivity index (χ1n) is 12.7. The number of nitrogens with one attached hydrogen (secondary N) is 1. The molecule has 0 bridgehead atoms. The van der Waals surface area contributed by atoms with Crippen molar-refractivity contribution in [2.24, 2.45) is 0 Å². The Labute approximate surface area is 218 Å². The van der Waals surface area contributed by atoms with Gasteiger partial charge in [-0.2, -0.15) is 4.98 Å². The van der Waals surface area contributed by atoms with Gasteiger partial charge in [0.15, 0.2) is 5.65 Å². The van der Waals surface area contributed by atoms with E-state index in [2.05, 4.69) is 22.4 Å². The number of likely N-dealkylation sites (tertiary alicyclic amines) is 1. The molecule has 0 saturated carbocycles. The smallest absolute Gasteiger partial charge is 0.410 e. The molecular formula is C27H35N7O3. The van der Waals surface area contributed by atoms with Crippen LogP contribution in [0.1, 0.15) is 37.1 Å². The van der Waals surface area contributed by atoms with E-state index in [1.165, 1.54) is 0 Å². The molecule has 3 aromatic rings. The van der Waals surface area contributed by atoms with Crippen molar-refractivity contribution < 1.29 is 15.8 Å². The van der Waals surface area contributed by atoms with Gasteiger partial charge in [-0.1, -0.05) is 6.08 Å². The maximum Gasteiger partial charge on any atom is 0.410 e. The molecule has 2 amide bonds. The van der Waals surface area contributed by atoms with Gasteiger partial charge in [-0.15, -0.1) is 5.10 Å². The molecule has 2 aliphatic rings. The summed E-state index contributed by atoms with van der Waals surface area (Å²) in [5.74, 6) is 0.506. The van der Waals surface area contributed by atoms with E-state index in [1.54, 1.807) is 9.42 Å². The predicted molar refractivity (Wildman–Crippen MR) is 144 cm³/mol. The van der Waals surface area contributed by atoms with Gasteiger partial charge in [0.05, 0.1) is 6.61 Å². The van der Waals surface area contributed by atoms with Crippen LogP contribution in [0.4, 0.5) is 16.4 Å². The molecule has 1 unspecified atom stereocenters. The first-order valence-corrected chi connectivity index (χ1v) is 12.7. The maximum atomic E-state index is 12.9. The minimum atomic E-state index is -0.282. The monoisotopic (exact) mass is 505 g/mol. The lowest BCUT2D eigenvalue weighted by Gasteiger charge is -2.25. The van der Waals surface area contributed by atoms with Crippen molar-refractivity contribution >= 4 is 34.9 Å². The van der Waals surface area contributed by atoms with Crippen LogP contribution in [0, 0.1) is 0 Å². The van der Waals surface area contributed by atoms with Crippen LogP contribution in [0.15, 0.2) is 48.7 Å². The average Bonchev–Trinajstić information content (AvgIpc) is 3.54. The molecule has 37 heavy (non-hydrogen) atoms. The molecule has 5 rings (SSSR count). The topological polar surface area (TPSA) is 95.3 Å². The number of nitrogens with zero attached hydrogens (tertiary/aromatic N) is 6. The van der Waals surface area contributed by atoms with Gasteiger partial charge in [0.1, 0.15) is 0 Å². The Hall–Kier alpha value is -3.92. The number of benzene rings is 1. The molecule has 1 saturated heterocycles. The van der Waals surface area contributed by atoms with Gasteiger partial charge in [-0.25, -0.2) is 9.31 Å². The van der Waals surface area contributed by atoms with Crippen LogP contribution in [0.25, 0.3) is 11.2 Å². The van der Waals surface area contributed by atoms with Crippen molar-refractivity contribution in [2.45, 2.75) is 25.8 Å². The standard InChI is InChI=1S/C27H33N7O3.H2/c1-4-37-27(36)33-16-11-19(12-17-33)23-6-5-14-34-24(23)29-26(30-34)28-21-9-7-20(8-10-21)25(35)32(3)22-13-15-31(2)18-22;/h5-11,14,22H,4,12-13,15-18H2,1-3H3,(H,28,30);1H. The van der Waals surface area contributed by atoms with E-state index in [4.69, 9.17) is 9.72 Å². The van der Waals surface area contributed by atoms with Crippen LogP contribution in [0.5, 0.6) is 0 Å². The van der Waals surface area contributed by atoms with Gasteiger partial charge >= 0.3 is 6.09 Å². The number of ether oxygens (including phenoxy) is 1. The molecule has 1 aromatic carbocycles. The normalized spacial score (nSPS) is 18.1. The molecule has 10 nitrogen and oxygen atoms in total. The molecule has 1 N–H and O–H groups in total. The van der Waals surface area contributed by atoms with Gasteiger partial charge in [-0.3, -0.25) is 4.79 Å². The minimum absolute atomic E-state index is 0. The van der Waals surface area contributed by atoms with E-state index in [-0.39, 0.29) is 19.5 Å². The number of carbonyl (C=O) groups is 2. The summed E-state index contributed by atoms with van der Waals surface area (Å²) in [5, 5.41) is 7.83. The molecule has 1 fully saturated rings. The second kappa shape index (κ2) is 10.6. The number of amides is 2. The number of hydrogen-bond donors (Lipinski definition) is 1. The summed E-state index contributed by atoms with van der Waals surface area (Å²) >= 11 is 0. The SMILES string of the molecule is CCOC(=O)N1CC=C(c2cccn3nc(Nc4ccc(C(=O)N(C)C5CCN(C)C5)cc4)nc23)CC1.[HH]. The summed E-state index contributed by atoms with van der Waals surface area (Å²) in [6.45, 7) is 5.21. The fraction of sp³-hybridized carbons (Fsp3) is 0.407. The van der Waals surface area contributed by atoms with Crippen molar-refractivity contribution in [3.8, 4) is 0 Å². The fourth-order valence-electron chi connectivity index (χ4n) is 4.93. The number of anilines is 2. The van der Waals surface area contributed by atoms with Crippen LogP contribution < -0.4 is 5.32 Å². The quantitative estimate of drug-likeness (QED) is 0.545. The van der Waals surface area contributed by atoms with Crippen molar-refractivity contribution in [3.05, 3.63) is 59.8 Å². The molecule has 0 spiro atoms. The third kappa shape index (κ3) is 5.29. The van der Waals surface area contributed by atoms with Gasteiger partial charge < -0.3 is 24.8 Å². The number of carbonyl (C=O) groups excluding carboxylic acids is 2.